The minimum Gasteiger partial charge on any atom is -0.391 e. The molecular weight excluding hydrogens is 260 g/mol. The van der Waals surface area contributed by atoms with Gasteiger partial charge in [-0.05, 0) is 24.5 Å². The van der Waals surface area contributed by atoms with Crippen LogP contribution in [0, 0.1) is 5.92 Å². The van der Waals surface area contributed by atoms with Crippen molar-refractivity contribution in [3.8, 4) is 0 Å². The number of nitrogens with two attached hydrogens (primary N) is 1. The van der Waals surface area contributed by atoms with E-state index < -0.39 is 6.10 Å². The molecule has 19 heavy (non-hydrogen) atoms. The number of rotatable bonds is 2. The number of hydrogen-bond acceptors (Lipinski definition) is 3. The van der Waals surface area contributed by atoms with E-state index in [1.807, 2.05) is 6.92 Å². The number of β-amino-alcohol motifs (C(OH)–C–C–N with tert-alkyl or cyclic N) is 1. The third kappa shape index (κ3) is 3.11. The van der Waals surface area contributed by atoms with E-state index in [4.69, 9.17) is 18.0 Å². The molecule has 1 aromatic rings. The van der Waals surface area contributed by atoms with Crippen LogP contribution in [0.1, 0.15) is 29.3 Å². The number of benzene rings is 1. The minimum absolute atomic E-state index is 0.0551. The fourth-order valence-corrected chi connectivity index (χ4v) is 2.33. The van der Waals surface area contributed by atoms with E-state index >= 15 is 0 Å². The van der Waals surface area contributed by atoms with Crippen molar-refractivity contribution in [2.75, 3.05) is 13.1 Å². The molecule has 2 rings (SSSR count). The highest BCUT2D eigenvalue weighted by atomic mass is 32.1. The lowest BCUT2D eigenvalue weighted by molar-refractivity contribution is 0.0248. The Labute approximate surface area is 118 Å². The Balaban J connectivity index is 2.09. The average Bonchev–Trinajstić information content (AvgIpc) is 2.41. The largest absolute Gasteiger partial charge is 0.391 e. The Bertz CT molecular complexity index is 487. The number of hydrogen-bond donors (Lipinski definition) is 2. The van der Waals surface area contributed by atoms with Crippen LogP contribution in [0.15, 0.2) is 24.3 Å². The summed E-state index contributed by atoms with van der Waals surface area (Å²) in [5, 5.41) is 9.83. The van der Waals surface area contributed by atoms with Gasteiger partial charge in [0.05, 0.1) is 6.10 Å². The molecule has 1 saturated heterocycles. The van der Waals surface area contributed by atoms with Gasteiger partial charge in [-0.3, -0.25) is 4.79 Å². The van der Waals surface area contributed by atoms with Crippen LogP contribution >= 0.6 is 12.2 Å². The Kier molecular flexibility index (Phi) is 4.17. The molecule has 1 aliphatic heterocycles. The molecule has 1 amide bonds. The zero-order chi connectivity index (χ0) is 14.0. The van der Waals surface area contributed by atoms with E-state index in [0.717, 1.165) is 12.0 Å². The van der Waals surface area contributed by atoms with Crippen molar-refractivity contribution in [3.05, 3.63) is 35.4 Å². The third-order valence-electron chi connectivity index (χ3n) is 3.62. The molecule has 1 heterocycles. The second-order valence-corrected chi connectivity index (χ2v) is 5.47. The Morgan fingerprint density at radius 1 is 1.37 bits per heavy atom. The predicted octanol–water partition coefficient (Wildman–Crippen LogP) is 1.16. The molecule has 0 aliphatic carbocycles. The normalized spacial score (nSPS) is 23.2. The van der Waals surface area contributed by atoms with Crippen LogP contribution in [0.2, 0.25) is 0 Å². The maximum Gasteiger partial charge on any atom is 0.253 e. The van der Waals surface area contributed by atoms with E-state index in [9.17, 15) is 9.90 Å². The second-order valence-electron chi connectivity index (χ2n) is 5.03. The molecule has 5 heteroatoms. The summed E-state index contributed by atoms with van der Waals surface area (Å²) >= 11 is 4.87. The number of carbonyl (C=O) groups is 1. The van der Waals surface area contributed by atoms with Crippen molar-refractivity contribution in [2.45, 2.75) is 19.4 Å². The first kappa shape index (κ1) is 14.0. The first-order valence-corrected chi connectivity index (χ1v) is 6.77. The van der Waals surface area contributed by atoms with Gasteiger partial charge in [0.1, 0.15) is 4.99 Å². The van der Waals surface area contributed by atoms with E-state index in [1.54, 1.807) is 29.2 Å². The van der Waals surface area contributed by atoms with Crippen molar-refractivity contribution >= 4 is 23.1 Å². The smallest absolute Gasteiger partial charge is 0.253 e. The third-order valence-corrected chi connectivity index (χ3v) is 3.86. The fourth-order valence-electron chi connectivity index (χ4n) is 2.19. The van der Waals surface area contributed by atoms with Crippen LogP contribution in [0.4, 0.5) is 0 Å². The summed E-state index contributed by atoms with van der Waals surface area (Å²) in [5.41, 5.74) is 6.87. The van der Waals surface area contributed by atoms with Crippen LogP contribution < -0.4 is 5.73 Å². The predicted molar refractivity (Wildman–Crippen MR) is 78.0 cm³/mol. The molecule has 2 unspecified atom stereocenters. The summed E-state index contributed by atoms with van der Waals surface area (Å²) in [6.45, 7) is 3.09. The summed E-state index contributed by atoms with van der Waals surface area (Å²) in [6, 6.07) is 6.94. The van der Waals surface area contributed by atoms with Crippen molar-refractivity contribution in [1.82, 2.24) is 4.90 Å². The van der Waals surface area contributed by atoms with Crippen LogP contribution in [0.25, 0.3) is 0 Å². The SMILES string of the molecule is CC1CCN(C(=O)c2ccc(C(N)=S)cc2)CC1O. The van der Waals surface area contributed by atoms with Crippen molar-refractivity contribution < 1.29 is 9.90 Å². The summed E-state index contributed by atoms with van der Waals surface area (Å²) in [5.74, 6) is 0.196. The molecule has 1 fully saturated rings. The number of aliphatic hydroxyl groups excluding tert-OH is 1. The molecule has 0 saturated carbocycles. The number of carbonyl (C=O) groups excluding carboxylic acids is 1. The van der Waals surface area contributed by atoms with Gasteiger partial charge >= 0.3 is 0 Å². The lowest BCUT2D eigenvalue weighted by Gasteiger charge is -2.34. The van der Waals surface area contributed by atoms with Gasteiger partial charge in [0.2, 0.25) is 0 Å². The molecule has 3 N–H and O–H groups in total. The van der Waals surface area contributed by atoms with E-state index in [2.05, 4.69) is 0 Å². The van der Waals surface area contributed by atoms with Gasteiger partial charge in [-0.2, -0.15) is 0 Å². The fraction of sp³-hybridized carbons (Fsp3) is 0.429. The zero-order valence-electron chi connectivity index (χ0n) is 10.9. The highest BCUT2D eigenvalue weighted by molar-refractivity contribution is 7.80. The van der Waals surface area contributed by atoms with E-state index in [1.165, 1.54) is 0 Å². The summed E-state index contributed by atoms with van der Waals surface area (Å²) in [4.78, 5) is 14.3. The Morgan fingerprint density at radius 3 is 2.47 bits per heavy atom. The molecule has 2 atom stereocenters. The molecule has 0 aromatic heterocycles. The summed E-state index contributed by atoms with van der Waals surface area (Å²) < 4.78 is 0. The first-order chi connectivity index (χ1) is 8.99. The standard InChI is InChI=1S/C14H18N2O2S/c1-9-6-7-16(8-12(9)17)14(18)11-4-2-10(3-5-11)13(15)19/h2-5,9,12,17H,6-8H2,1H3,(H2,15,19). The van der Waals surface area contributed by atoms with Crippen molar-refractivity contribution in [1.29, 1.82) is 0 Å². The Hall–Kier alpha value is -1.46. The maximum atomic E-state index is 12.3. The molecule has 1 aromatic carbocycles. The van der Waals surface area contributed by atoms with Gasteiger partial charge in [-0.1, -0.05) is 31.3 Å². The molecule has 1 aliphatic rings. The molecule has 0 radical (unpaired) electrons. The second kappa shape index (κ2) is 5.67. The highest BCUT2D eigenvalue weighted by Crippen LogP contribution is 2.19. The van der Waals surface area contributed by atoms with Gasteiger partial charge in [0.15, 0.2) is 0 Å². The molecule has 4 nitrogen and oxygen atoms in total. The maximum absolute atomic E-state index is 12.3. The number of aliphatic hydroxyl groups is 1. The Morgan fingerprint density at radius 2 is 1.95 bits per heavy atom. The average molecular weight is 278 g/mol. The molecular formula is C14H18N2O2S. The van der Waals surface area contributed by atoms with Crippen LogP contribution in [0.5, 0.6) is 0 Å². The topological polar surface area (TPSA) is 66.6 Å². The van der Waals surface area contributed by atoms with Crippen LogP contribution in [0.3, 0.4) is 0 Å². The minimum atomic E-state index is -0.436. The van der Waals surface area contributed by atoms with Crippen LogP contribution in [-0.4, -0.2) is 40.1 Å². The lowest BCUT2D eigenvalue weighted by atomic mass is 9.95. The van der Waals surface area contributed by atoms with Gasteiger partial charge in [-0.25, -0.2) is 0 Å². The molecule has 102 valence electrons. The van der Waals surface area contributed by atoms with Gasteiger partial charge in [0.25, 0.3) is 5.91 Å². The molecule has 0 bridgehead atoms. The number of amides is 1. The monoisotopic (exact) mass is 278 g/mol. The van der Waals surface area contributed by atoms with E-state index in [0.29, 0.717) is 23.6 Å². The zero-order valence-corrected chi connectivity index (χ0v) is 11.7. The number of piperidine rings is 1. The summed E-state index contributed by atoms with van der Waals surface area (Å²) in [6.07, 6.45) is 0.395. The van der Waals surface area contributed by atoms with Crippen molar-refractivity contribution in [3.63, 3.8) is 0 Å². The lowest BCUT2D eigenvalue weighted by Crippen LogP contribution is -2.45. The number of thiocarbonyl (C=S) groups is 1. The number of likely N-dealkylation sites (tertiary alicyclic amines) is 1. The summed E-state index contributed by atoms with van der Waals surface area (Å²) in [7, 11) is 0. The van der Waals surface area contributed by atoms with Crippen molar-refractivity contribution in [2.24, 2.45) is 11.7 Å². The first-order valence-electron chi connectivity index (χ1n) is 6.36. The van der Waals surface area contributed by atoms with Gasteiger partial charge in [-0.15, -0.1) is 0 Å². The van der Waals surface area contributed by atoms with Gasteiger partial charge < -0.3 is 15.7 Å². The molecule has 0 spiro atoms. The quantitative estimate of drug-likeness (QED) is 0.797. The van der Waals surface area contributed by atoms with E-state index in [-0.39, 0.29) is 11.8 Å². The number of nitrogens with zero attached hydrogens (tertiary/aromatic N) is 1. The van der Waals surface area contributed by atoms with Crippen LogP contribution in [-0.2, 0) is 0 Å². The van der Waals surface area contributed by atoms with Gasteiger partial charge in [0, 0.05) is 24.2 Å². The highest BCUT2D eigenvalue weighted by Gasteiger charge is 2.27.